The lowest BCUT2D eigenvalue weighted by Gasteiger charge is -2.31. The first-order chi connectivity index (χ1) is 12.5. The number of hydrogen-bond donors (Lipinski definition) is 1. The molecule has 0 aliphatic carbocycles. The summed E-state index contributed by atoms with van der Waals surface area (Å²) in [7, 11) is 1.85. The zero-order chi connectivity index (χ0) is 18.3. The number of anilines is 2. The smallest absolute Gasteiger partial charge is 0.268 e. The van der Waals surface area contributed by atoms with Crippen LogP contribution in [0.4, 0.5) is 15.1 Å². The molecule has 0 saturated carbocycles. The van der Waals surface area contributed by atoms with Crippen LogP contribution in [-0.4, -0.2) is 28.8 Å². The second-order valence-corrected chi connectivity index (χ2v) is 8.02. The van der Waals surface area contributed by atoms with Gasteiger partial charge in [-0.2, -0.15) is 5.10 Å². The average Bonchev–Trinajstić information content (AvgIpc) is 3.16. The van der Waals surface area contributed by atoms with E-state index in [1.165, 1.54) is 23.8 Å². The van der Waals surface area contributed by atoms with E-state index in [1.54, 1.807) is 16.8 Å². The van der Waals surface area contributed by atoms with Gasteiger partial charge < -0.3 is 10.2 Å². The van der Waals surface area contributed by atoms with Gasteiger partial charge in [0.05, 0.1) is 10.5 Å². The lowest BCUT2D eigenvalue weighted by atomic mass is 10.0. The maximum Gasteiger partial charge on any atom is 0.268 e. The summed E-state index contributed by atoms with van der Waals surface area (Å²) in [5, 5.41) is 8.95. The Labute approximate surface area is 155 Å². The predicted molar refractivity (Wildman–Crippen MR) is 104 cm³/mol. The number of fused-ring (bicyclic) bond motifs is 1. The third-order valence-electron chi connectivity index (χ3n) is 4.73. The second kappa shape index (κ2) is 6.72. The van der Waals surface area contributed by atoms with Crippen LogP contribution < -0.4 is 10.2 Å². The van der Waals surface area contributed by atoms with Gasteiger partial charge in [0.2, 0.25) is 0 Å². The molecule has 1 atom stereocenters. The van der Waals surface area contributed by atoms with Gasteiger partial charge >= 0.3 is 0 Å². The number of aromatic nitrogens is 2. The molecule has 1 unspecified atom stereocenters. The van der Waals surface area contributed by atoms with Crippen molar-refractivity contribution in [1.29, 1.82) is 0 Å². The Kier molecular flexibility index (Phi) is 4.40. The topological polar surface area (TPSA) is 50.2 Å². The van der Waals surface area contributed by atoms with E-state index in [2.05, 4.69) is 22.2 Å². The van der Waals surface area contributed by atoms with Gasteiger partial charge in [-0.1, -0.05) is 6.92 Å². The van der Waals surface area contributed by atoms with Gasteiger partial charge in [-0.05, 0) is 37.0 Å². The first-order valence-corrected chi connectivity index (χ1v) is 9.60. The van der Waals surface area contributed by atoms with Crippen LogP contribution in [0.5, 0.6) is 0 Å². The van der Waals surface area contributed by atoms with Gasteiger partial charge in [0.15, 0.2) is 0 Å². The molecule has 3 heterocycles. The molecule has 26 heavy (non-hydrogen) atoms. The maximum atomic E-state index is 14.4. The van der Waals surface area contributed by atoms with Crippen LogP contribution in [0.15, 0.2) is 30.5 Å². The Bertz CT molecular complexity index is 964. The number of aryl methyl sites for hydroxylation is 1. The maximum absolute atomic E-state index is 14.4. The number of benzene rings is 1. The molecule has 1 fully saturated rings. The SMILES string of the molecule is CC1CCCN(c2cc(F)c(C(=O)Nc3ccc4cn(C)nc4c3)s2)C1. The van der Waals surface area contributed by atoms with Crippen molar-refractivity contribution in [2.45, 2.75) is 19.8 Å². The van der Waals surface area contributed by atoms with Crippen LogP contribution >= 0.6 is 11.3 Å². The molecule has 1 saturated heterocycles. The summed E-state index contributed by atoms with van der Waals surface area (Å²) < 4.78 is 16.1. The number of nitrogens with zero attached hydrogens (tertiary/aromatic N) is 3. The number of nitrogens with one attached hydrogen (secondary N) is 1. The van der Waals surface area contributed by atoms with Crippen molar-refractivity contribution in [1.82, 2.24) is 9.78 Å². The number of piperidine rings is 1. The number of carbonyl (C=O) groups is 1. The Morgan fingerprint density at radius 1 is 1.38 bits per heavy atom. The van der Waals surface area contributed by atoms with Gasteiger partial charge in [0.25, 0.3) is 5.91 Å². The van der Waals surface area contributed by atoms with Gasteiger partial charge in [-0.15, -0.1) is 11.3 Å². The number of thiophene rings is 1. The molecule has 0 spiro atoms. The van der Waals surface area contributed by atoms with E-state index in [0.717, 1.165) is 35.4 Å². The molecule has 1 N–H and O–H groups in total. The van der Waals surface area contributed by atoms with E-state index in [9.17, 15) is 9.18 Å². The van der Waals surface area contributed by atoms with E-state index < -0.39 is 11.7 Å². The van der Waals surface area contributed by atoms with Gasteiger partial charge in [-0.3, -0.25) is 9.48 Å². The minimum Gasteiger partial charge on any atom is -0.363 e. The fourth-order valence-corrected chi connectivity index (χ4v) is 4.43. The Balaban J connectivity index is 1.53. The number of hydrogen-bond acceptors (Lipinski definition) is 4. The molecule has 4 rings (SSSR count). The van der Waals surface area contributed by atoms with Gasteiger partial charge in [0.1, 0.15) is 10.7 Å². The average molecular weight is 372 g/mol. The van der Waals surface area contributed by atoms with Crippen molar-refractivity contribution in [2.24, 2.45) is 13.0 Å². The van der Waals surface area contributed by atoms with Crippen molar-refractivity contribution in [3.63, 3.8) is 0 Å². The fourth-order valence-electron chi connectivity index (χ4n) is 3.46. The molecule has 0 radical (unpaired) electrons. The van der Waals surface area contributed by atoms with Crippen LogP contribution in [0.2, 0.25) is 0 Å². The first-order valence-electron chi connectivity index (χ1n) is 8.78. The number of carbonyl (C=O) groups excluding carboxylic acids is 1. The van der Waals surface area contributed by atoms with Crippen LogP contribution in [0, 0.1) is 11.7 Å². The molecule has 1 aromatic carbocycles. The van der Waals surface area contributed by atoms with E-state index in [1.807, 2.05) is 19.3 Å². The summed E-state index contributed by atoms with van der Waals surface area (Å²) >= 11 is 1.22. The summed E-state index contributed by atoms with van der Waals surface area (Å²) in [5.74, 6) is -0.282. The van der Waals surface area contributed by atoms with E-state index >= 15 is 0 Å². The van der Waals surface area contributed by atoms with Crippen molar-refractivity contribution in [2.75, 3.05) is 23.3 Å². The van der Waals surface area contributed by atoms with E-state index in [0.29, 0.717) is 11.6 Å². The predicted octanol–water partition coefficient (Wildman–Crippen LogP) is 4.26. The third-order valence-corrected chi connectivity index (χ3v) is 5.90. The van der Waals surface area contributed by atoms with Crippen LogP contribution in [0.25, 0.3) is 10.9 Å². The summed E-state index contributed by atoms with van der Waals surface area (Å²) in [5.41, 5.74) is 1.40. The van der Waals surface area contributed by atoms with Gasteiger partial charge in [-0.25, -0.2) is 4.39 Å². The highest BCUT2D eigenvalue weighted by Gasteiger charge is 2.23. The van der Waals surface area contributed by atoms with Crippen LogP contribution in [0.1, 0.15) is 29.4 Å². The molecule has 0 bridgehead atoms. The molecule has 1 aliphatic heterocycles. The molecule has 7 heteroatoms. The van der Waals surface area contributed by atoms with Gasteiger partial charge in [0, 0.05) is 43.5 Å². The molecule has 3 aromatic rings. The zero-order valence-corrected chi connectivity index (χ0v) is 15.6. The largest absolute Gasteiger partial charge is 0.363 e. The monoisotopic (exact) mass is 372 g/mol. The minimum atomic E-state index is -0.459. The second-order valence-electron chi connectivity index (χ2n) is 6.99. The number of halogens is 1. The zero-order valence-electron chi connectivity index (χ0n) is 14.8. The highest BCUT2D eigenvalue weighted by molar-refractivity contribution is 7.18. The lowest BCUT2D eigenvalue weighted by Crippen LogP contribution is -2.33. The normalized spacial score (nSPS) is 17.7. The molecular weight excluding hydrogens is 351 g/mol. The highest BCUT2D eigenvalue weighted by atomic mass is 32.1. The van der Waals surface area contributed by atoms with Crippen molar-refractivity contribution in [3.05, 3.63) is 41.2 Å². The Morgan fingerprint density at radius 3 is 3.04 bits per heavy atom. The molecule has 2 aromatic heterocycles. The molecule has 5 nitrogen and oxygen atoms in total. The van der Waals surface area contributed by atoms with Crippen molar-refractivity contribution < 1.29 is 9.18 Å². The summed E-state index contributed by atoms with van der Waals surface area (Å²) in [6.07, 6.45) is 4.21. The molecular formula is C19H21FN4OS. The minimum absolute atomic E-state index is 0.124. The third kappa shape index (κ3) is 3.31. The molecule has 136 valence electrons. The Hall–Kier alpha value is -2.41. The van der Waals surface area contributed by atoms with Crippen molar-refractivity contribution in [3.8, 4) is 0 Å². The highest BCUT2D eigenvalue weighted by Crippen LogP contribution is 2.33. The standard InChI is InChI=1S/C19H21FN4OS/c1-12-4-3-7-24(10-12)17-9-15(20)18(26-17)19(25)21-14-6-5-13-11-23(2)22-16(13)8-14/h5-6,8-9,11-12H,3-4,7,10H2,1-2H3,(H,21,25). The summed E-state index contributed by atoms with van der Waals surface area (Å²) in [6.45, 7) is 4.04. The Morgan fingerprint density at radius 2 is 2.23 bits per heavy atom. The lowest BCUT2D eigenvalue weighted by molar-refractivity contribution is 0.102. The van der Waals surface area contributed by atoms with E-state index in [4.69, 9.17) is 0 Å². The number of rotatable bonds is 3. The molecule has 1 amide bonds. The van der Waals surface area contributed by atoms with Crippen molar-refractivity contribution >= 4 is 38.8 Å². The van der Waals surface area contributed by atoms with Crippen LogP contribution in [0.3, 0.4) is 0 Å². The number of amides is 1. The quantitative estimate of drug-likeness (QED) is 0.747. The fraction of sp³-hybridized carbons (Fsp3) is 0.368. The molecule has 1 aliphatic rings. The summed E-state index contributed by atoms with van der Waals surface area (Å²) in [6, 6.07) is 6.98. The van der Waals surface area contributed by atoms with E-state index in [-0.39, 0.29) is 4.88 Å². The summed E-state index contributed by atoms with van der Waals surface area (Å²) in [4.78, 5) is 14.9. The van der Waals surface area contributed by atoms with Crippen LogP contribution in [-0.2, 0) is 7.05 Å². The first kappa shape index (κ1) is 17.0.